The SMILES string of the molecule is CC/C=C\C/C=C\C/C=C\C/C=C\CCCCCCC(=O)OC1C(OCC(COC(=O)CCCCCCCCC/C=C\C/C=C\C/C=C\CC)OC(=O)CCCCCCC/C=C\C/C=C\C/C=C\CC)OC(C(=O)O)C(O)C1O. The molecule has 0 radical (unpaired) electrons. The Hall–Kier alpha value is -4.88. The monoisotopic (exact) mass is 1100 g/mol. The van der Waals surface area contributed by atoms with Gasteiger partial charge in [-0.15, -0.1) is 0 Å². The first-order chi connectivity index (χ1) is 38.6. The second-order valence-corrected chi connectivity index (χ2v) is 20.2. The fourth-order valence-electron chi connectivity index (χ4n) is 8.45. The molecule has 1 rings (SSSR count). The van der Waals surface area contributed by atoms with Gasteiger partial charge in [-0.2, -0.15) is 0 Å². The van der Waals surface area contributed by atoms with Crippen molar-refractivity contribution in [3.63, 3.8) is 0 Å². The van der Waals surface area contributed by atoms with Crippen LogP contribution in [0.25, 0.3) is 0 Å². The maximum Gasteiger partial charge on any atom is 0.335 e. The van der Waals surface area contributed by atoms with Crippen molar-refractivity contribution in [2.45, 2.75) is 263 Å². The highest BCUT2D eigenvalue weighted by atomic mass is 16.7. The number of aliphatic carboxylic acids is 1. The average molecular weight is 1100 g/mol. The molecule has 12 heteroatoms. The summed E-state index contributed by atoms with van der Waals surface area (Å²) in [5, 5.41) is 31.5. The maximum atomic E-state index is 13.2. The lowest BCUT2D eigenvalue weighted by Crippen LogP contribution is -2.61. The van der Waals surface area contributed by atoms with Gasteiger partial charge in [0.15, 0.2) is 24.6 Å². The number of ether oxygens (including phenoxy) is 5. The molecule has 0 spiro atoms. The molecule has 446 valence electrons. The summed E-state index contributed by atoms with van der Waals surface area (Å²) in [6.07, 6.45) is 61.6. The Bertz CT molecular complexity index is 1840. The molecule has 0 bridgehead atoms. The van der Waals surface area contributed by atoms with Crippen LogP contribution < -0.4 is 0 Å². The highest BCUT2D eigenvalue weighted by Gasteiger charge is 2.50. The molecule has 0 aliphatic carbocycles. The number of hydrogen-bond donors (Lipinski definition) is 3. The summed E-state index contributed by atoms with van der Waals surface area (Å²) in [7, 11) is 0. The number of aliphatic hydroxyl groups excluding tert-OH is 2. The summed E-state index contributed by atoms with van der Waals surface area (Å²) in [6.45, 7) is 5.62. The van der Waals surface area contributed by atoms with Crippen molar-refractivity contribution < 1.29 is 58.2 Å². The molecule has 1 aliphatic rings. The van der Waals surface area contributed by atoms with Gasteiger partial charge in [-0.1, -0.05) is 206 Å². The molecule has 6 unspecified atom stereocenters. The van der Waals surface area contributed by atoms with Gasteiger partial charge in [-0.05, 0) is 122 Å². The van der Waals surface area contributed by atoms with E-state index in [1.165, 1.54) is 6.42 Å². The highest BCUT2D eigenvalue weighted by molar-refractivity contribution is 5.74. The van der Waals surface area contributed by atoms with Gasteiger partial charge in [0.1, 0.15) is 18.8 Å². The zero-order valence-electron chi connectivity index (χ0n) is 49.1. The Morgan fingerprint density at radius 1 is 0.418 bits per heavy atom. The lowest BCUT2D eigenvalue weighted by Gasteiger charge is -2.40. The molecule has 1 aliphatic heterocycles. The number of hydrogen-bond acceptors (Lipinski definition) is 11. The van der Waals surface area contributed by atoms with Crippen molar-refractivity contribution in [1.29, 1.82) is 0 Å². The van der Waals surface area contributed by atoms with E-state index in [4.69, 9.17) is 23.7 Å². The van der Waals surface area contributed by atoms with Crippen LogP contribution in [0.2, 0.25) is 0 Å². The van der Waals surface area contributed by atoms with E-state index >= 15 is 0 Å². The van der Waals surface area contributed by atoms with Crippen molar-refractivity contribution in [3.8, 4) is 0 Å². The Kier molecular flexibility index (Phi) is 49.1. The Morgan fingerprint density at radius 2 is 0.759 bits per heavy atom. The third-order valence-electron chi connectivity index (χ3n) is 13.0. The average Bonchev–Trinajstić information content (AvgIpc) is 3.43. The molecule has 1 heterocycles. The molecule has 1 saturated heterocycles. The number of esters is 3. The van der Waals surface area contributed by atoms with Gasteiger partial charge in [-0.25, -0.2) is 4.79 Å². The summed E-state index contributed by atoms with van der Waals surface area (Å²) < 4.78 is 28.4. The number of carboxylic acids is 1. The number of rotatable bonds is 50. The van der Waals surface area contributed by atoms with Crippen molar-refractivity contribution in [2.75, 3.05) is 13.2 Å². The van der Waals surface area contributed by atoms with Crippen LogP contribution in [-0.4, -0.2) is 89.2 Å². The first-order valence-electron chi connectivity index (χ1n) is 30.5. The second-order valence-electron chi connectivity index (χ2n) is 20.2. The van der Waals surface area contributed by atoms with Gasteiger partial charge in [0.25, 0.3) is 0 Å². The summed E-state index contributed by atoms with van der Waals surface area (Å²) in [5.41, 5.74) is 0. The van der Waals surface area contributed by atoms with Crippen LogP contribution in [0.1, 0.15) is 226 Å². The summed E-state index contributed by atoms with van der Waals surface area (Å²) >= 11 is 0. The molecule has 0 amide bonds. The zero-order chi connectivity index (χ0) is 57.5. The maximum absolute atomic E-state index is 13.2. The molecule has 79 heavy (non-hydrogen) atoms. The lowest BCUT2D eigenvalue weighted by atomic mass is 9.98. The predicted molar refractivity (Wildman–Crippen MR) is 321 cm³/mol. The van der Waals surface area contributed by atoms with Gasteiger partial charge >= 0.3 is 23.9 Å². The predicted octanol–water partition coefficient (Wildman–Crippen LogP) is 16.0. The molecule has 6 atom stereocenters. The molecule has 0 aromatic carbocycles. The van der Waals surface area contributed by atoms with Gasteiger partial charge in [0, 0.05) is 19.3 Å². The van der Waals surface area contributed by atoms with Crippen LogP contribution in [0, 0.1) is 0 Å². The van der Waals surface area contributed by atoms with Crippen molar-refractivity contribution in [1.82, 2.24) is 0 Å². The standard InChI is InChI=1S/C67H106O12/c1-4-7-10-13-16-19-22-25-28-30-33-35-38-41-44-47-50-53-59(68)75-56-58(77-60(69)54-51-48-45-42-39-36-32-27-24-21-18-15-12-9-6-3)57-76-67-65(63(72)62(71)64(79-67)66(73)74)78-61(70)55-52-49-46-43-40-37-34-31-29-26-23-20-17-14-11-8-5-2/h7-12,16-21,25-29,32,34,37,58,62-65,67,71-72H,4-6,13-15,22-24,30-31,33,35-36,38-57H2,1-3H3,(H,73,74)/b10-7-,11-8-,12-9-,19-16-,20-17-,21-18-,28-25-,29-26-,32-27-,37-34-. The highest BCUT2D eigenvalue weighted by Crippen LogP contribution is 2.26. The van der Waals surface area contributed by atoms with Gasteiger partial charge in [-0.3, -0.25) is 14.4 Å². The quantitative estimate of drug-likeness (QED) is 0.0228. The van der Waals surface area contributed by atoms with Crippen LogP contribution in [0.4, 0.5) is 0 Å². The van der Waals surface area contributed by atoms with Gasteiger partial charge in [0.2, 0.25) is 0 Å². The zero-order valence-corrected chi connectivity index (χ0v) is 49.1. The summed E-state index contributed by atoms with van der Waals surface area (Å²) in [5.74, 6) is -3.20. The number of carbonyl (C=O) groups excluding carboxylic acids is 3. The van der Waals surface area contributed by atoms with E-state index in [2.05, 4.69) is 142 Å². The number of allylic oxidation sites excluding steroid dienone is 20. The lowest BCUT2D eigenvalue weighted by molar-refractivity contribution is -0.301. The number of carboxylic acid groups (broad SMARTS) is 1. The second kappa shape index (κ2) is 53.7. The van der Waals surface area contributed by atoms with Gasteiger partial charge in [0.05, 0.1) is 6.61 Å². The number of unbranched alkanes of at least 4 members (excludes halogenated alkanes) is 16. The summed E-state index contributed by atoms with van der Waals surface area (Å²) in [6, 6.07) is 0. The molecule has 12 nitrogen and oxygen atoms in total. The van der Waals surface area contributed by atoms with E-state index in [9.17, 15) is 34.5 Å². The van der Waals surface area contributed by atoms with Gasteiger partial charge < -0.3 is 39.0 Å². The molecular weight excluding hydrogens is 997 g/mol. The fourth-order valence-corrected chi connectivity index (χ4v) is 8.45. The fraction of sp³-hybridized carbons (Fsp3) is 0.642. The third kappa shape index (κ3) is 43.6. The Labute approximate surface area is 478 Å². The molecule has 0 saturated carbocycles. The first-order valence-corrected chi connectivity index (χ1v) is 30.5. The van der Waals surface area contributed by atoms with Crippen LogP contribution in [0.15, 0.2) is 122 Å². The largest absolute Gasteiger partial charge is 0.479 e. The number of aliphatic hydroxyl groups is 2. The Morgan fingerprint density at radius 3 is 1.15 bits per heavy atom. The Balaban J connectivity index is 2.72. The topological polar surface area (TPSA) is 175 Å². The van der Waals surface area contributed by atoms with E-state index < -0.39 is 67.3 Å². The summed E-state index contributed by atoms with van der Waals surface area (Å²) in [4.78, 5) is 51.2. The van der Waals surface area contributed by atoms with Crippen molar-refractivity contribution >= 4 is 23.9 Å². The van der Waals surface area contributed by atoms with E-state index in [1.807, 2.05) is 0 Å². The molecule has 0 aromatic heterocycles. The molecule has 0 aromatic rings. The van der Waals surface area contributed by atoms with E-state index in [-0.39, 0.29) is 25.9 Å². The molecule has 1 fully saturated rings. The van der Waals surface area contributed by atoms with Crippen molar-refractivity contribution in [2.24, 2.45) is 0 Å². The smallest absolute Gasteiger partial charge is 0.335 e. The van der Waals surface area contributed by atoms with E-state index in [0.29, 0.717) is 19.3 Å². The van der Waals surface area contributed by atoms with Crippen LogP contribution in [0.5, 0.6) is 0 Å². The van der Waals surface area contributed by atoms with Crippen LogP contribution in [0.3, 0.4) is 0 Å². The minimum Gasteiger partial charge on any atom is -0.479 e. The minimum absolute atomic E-state index is 0.0231. The molecule has 3 N–H and O–H groups in total. The van der Waals surface area contributed by atoms with Crippen LogP contribution in [-0.2, 0) is 42.9 Å². The number of carbonyl (C=O) groups is 4. The first kappa shape index (κ1) is 72.1. The molecular formula is C67H106O12. The third-order valence-corrected chi connectivity index (χ3v) is 13.0. The van der Waals surface area contributed by atoms with E-state index in [1.54, 1.807) is 0 Å². The van der Waals surface area contributed by atoms with Crippen LogP contribution >= 0.6 is 0 Å². The van der Waals surface area contributed by atoms with E-state index in [0.717, 1.165) is 161 Å². The minimum atomic E-state index is -1.92. The normalized spacial score (nSPS) is 18.7. The van der Waals surface area contributed by atoms with Crippen molar-refractivity contribution in [3.05, 3.63) is 122 Å².